The summed E-state index contributed by atoms with van der Waals surface area (Å²) < 4.78 is 2.43. The standard InChI is InChI=1S/C44H25N3/c1-3-9-29(10-4-1)43-44(30-11-5-2-6-12-30)46-35-25-31(22-23-34(35)45-43)47-36-16-8-15-33-32-14-7-13-26-17-18-27-19-20-28-21-24-37(47)42(41(33)36)40(28)39(27)38(26)32/h1-25H. The molecule has 0 amide bonds. The molecule has 216 valence electrons. The van der Waals surface area contributed by atoms with E-state index < -0.39 is 0 Å². The Morgan fingerprint density at radius 2 is 0.915 bits per heavy atom. The number of hydrogen-bond donors (Lipinski definition) is 0. The fraction of sp³-hybridized carbons (Fsp3) is 0. The Balaban J connectivity index is 1.25. The number of aromatic nitrogens is 3. The molecule has 2 aromatic heterocycles. The molecule has 3 heteroatoms. The topological polar surface area (TPSA) is 30.7 Å². The van der Waals surface area contributed by atoms with Gasteiger partial charge in [-0.05, 0) is 68.4 Å². The van der Waals surface area contributed by atoms with Crippen molar-refractivity contribution in [3.63, 3.8) is 0 Å². The molecule has 0 atom stereocenters. The van der Waals surface area contributed by atoms with Crippen molar-refractivity contribution < 1.29 is 0 Å². The maximum atomic E-state index is 5.32. The van der Waals surface area contributed by atoms with Crippen molar-refractivity contribution in [1.29, 1.82) is 0 Å². The maximum absolute atomic E-state index is 5.32. The van der Waals surface area contributed by atoms with Crippen molar-refractivity contribution in [1.82, 2.24) is 14.5 Å². The molecule has 0 saturated carbocycles. The lowest BCUT2D eigenvalue weighted by molar-refractivity contribution is 1.18. The van der Waals surface area contributed by atoms with E-state index in [1.165, 1.54) is 65.3 Å². The van der Waals surface area contributed by atoms with Crippen molar-refractivity contribution in [2.75, 3.05) is 0 Å². The van der Waals surface area contributed by atoms with Gasteiger partial charge in [0, 0.05) is 33.0 Å². The highest BCUT2D eigenvalue weighted by Gasteiger charge is 2.24. The summed E-state index contributed by atoms with van der Waals surface area (Å²) in [5.41, 5.74) is 11.7. The van der Waals surface area contributed by atoms with Crippen LogP contribution in [-0.4, -0.2) is 14.5 Å². The summed E-state index contributed by atoms with van der Waals surface area (Å²) in [6, 6.07) is 54.5. The minimum atomic E-state index is 0.873. The first-order valence-electron chi connectivity index (χ1n) is 16.1. The molecule has 0 N–H and O–H groups in total. The molecule has 8 aromatic carbocycles. The van der Waals surface area contributed by atoms with Gasteiger partial charge in [-0.25, -0.2) is 9.97 Å². The SMILES string of the molecule is c1ccc(-c2nc3ccc(-n4c5cccc6c5c5c7c(ccc8ccc9cccc-6c9c87)ccc54)cc3nc2-c2ccccc2)cc1. The van der Waals surface area contributed by atoms with E-state index in [0.717, 1.165) is 39.2 Å². The molecule has 0 radical (unpaired) electrons. The summed E-state index contributed by atoms with van der Waals surface area (Å²) in [7, 11) is 0. The lowest BCUT2D eigenvalue weighted by Gasteiger charge is -2.14. The zero-order valence-electron chi connectivity index (χ0n) is 25.3. The van der Waals surface area contributed by atoms with E-state index in [0.29, 0.717) is 0 Å². The van der Waals surface area contributed by atoms with Crippen LogP contribution in [0.2, 0.25) is 0 Å². The first-order chi connectivity index (χ1) is 23.3. The first-order valence-corrected chi connectivity index (χ1v) is 16.1. The largest absolute Gasteiger partial charge is 0.309 e. The minimum absolute atomic E-state index is 0.873. The molecule has 3 nitrogen and oxygen atoms in total. The highest BCUT2D eigenvalue weighted by atomic mass is 15.0. The molecule has 10 aromatic rings. The van der Waals surface area contributed by atoms with Gasteiger partial charge in [-0.3, -0.25) is 0 Å². The minimum Gasteiger partial charge on any atom is -0.309 e. The molecule has 0 bridgehead atoms. The van der Waals surface area contributed by atoms with Gasteiger partial charge in [0.25, 0.3) is 0 Å². The molecular weight excluding hydrogens is 571 g/mol. The van der Waals surface area contributed by atoms with Crippen molar-refractivity contribution in [3.8, 4) is 39.3 Å². The molecule has 1 aliphatic rings. The Morgan fingerprint density at radius 3 is 1.62 bits per heavy atom. The summed E-state index contributed by atoms with van der Waals surface area (Å²) in [6.45, 7) is 0. The second kappa shape index (κ2) is 9.12. The number of fused-ring (bicyclic) bond motifs is 2. The summed E-state index contributed by atoms with van der Waals surface area (Å²) in [4.78, 5) is 10.5. The molecule has 11 rings (SSSR count). The normalized spacial score (nSPS) is 12.3. The van der Waals surface area contributed by atoms with Gasteiger partial charge in [0.2, 0.25) is 0 Å². The van der Waals surface area contributed by atoms with Crippen molar-refractivity contribution in [2.24, 2.45) is 0 Å². The van der Waals surface area contributed by atoms with Crippen LogP contribution in [0, 0.1) is 0 Å². The Bertz CT molecular complexity index is 2930. The second-order valence-corrected chi connectivity index (χ2v) is 12.6. The maximum Gasteiger partial charge on any atom is 0.0973 e. The van der Waals surface area contributed by atoms with Crippen LogP contribution >= 0.6 is 0 Å². The van der Waals surface area contributed by atoms with Crippen LogP contribution in [0.3, 0.4) is 0 Å². The number of nitrogens with zero attached hydrogens (tertiary/aromatic N) is 3. The highest BCUT2D eigenvalue weighted by Crippen LogP contribution is 2.49. The van der Waals surface area contributed by atoms with Crippen LogP contribution in [-0.2, 0) is 0 Å². The number of benzene rings is 8. The fourth-order valence-corrected chi connectivity index (χ4v) is 8.06. The van der Waals surface area contributed by atoms with Crippen LogP contribution in [0.25, 0.3) is 104 Å². The molecule has 2 heterocycles. The summed E-state index contributed by atoms with van der Waals surface area (Å²) >= 11 is 0. The van der Waals surface area contributed by atoms with E-state index in [9.17, 15) is 0 Å². The van der Waals surface area contributed by atoms with Crippen LogP contribution in [0.4, 0.5) is 0 Å². The lowest BCUT2D eigenvalue weighted by Crippen LogP contribution is -1.98. The van der Waals surface area contributed by atoms with Gasteiger partial charge in [0.1, 0.15) is 0 Å². The molecule has 0 unspecified atom stereocenters. The van der Waals surface area contributed by atoms with Gasteiger partial charge in [-0.15, -0.1) is 0 Å². The molecule has 47 heavy (non-hydrogen) atoms. The first kappa shape index (κ1) is 24.9. The predicted molar refractivity (Wildman–Crippen MR) is 196 cm³/mol. The number of rotatable bonds is 3. The van der Waals surface area contributed by atoms with Gasteiger partial charge < -0.3 is 4.57 Å². The molecule has 0 saturated heterocycles. The molecule has 0 fully saturated rings. The van der Waals surface area contributed by atoms with E-state index in [1.807, 2.05) is 12.1 Å². The van der Waals surface area contributed by atoms with Crippen LogP contribution in [0.1, 0.15) is 0 Å². The highest BCUT2D eigenvalue weighted by molar-refractivity contribution is 6.38. The van der Waals surface area contributed by atoms with Gasteiger partial charge in [0.05, 0.1) is 33.5 Å². The lowest BCUT2D eigenvalue weighted by atomic mass is 9.93. The monoisotopic (exact) mass is 595 g/mol. The second-order valence-electron chi connectivity index (χ2n) is 12.6. The third-order valence-corrected chi connectivity index (χ3v) is 10.1. The van der Waals surface area contributed by atoms with E-state index in [-0.39, 0.29) is 0 Å². The zero-order chi connectivity index (χ0) is 30.6. The van der Waals surface area contributed by atoms with Crippen LogP contribution in [0.5, 0.6) is 0 Å². The van der Waals surface area contributed by atoms with Crippen molar-refractivity contribution in [2.45, 2.75) is 0 Å². The molecule has 0 aliphatic heterocycles. The van der Waals surface area contributed by atoms with Gasteiger partial charge in [-0.2, -0.15) is 0 Å². The zero-order valence-corrected chi connectivity index (χ0v) is 25.3. The van der Waals surface area contributed by atoms with Crippen LogP contribution < -0.4 is 0 Å². The van der Waals surface area contributed by atoms with Crippen molar-refractivity contribution >= 4 is 65.2 Å². The average molecular weight is 596 g/mol. The summed E-state index contributed by atoms with van der Waals surface area (Å²) in [5, 5.41) is 10.5. The van der Waals surface area contributed by atoms with Crippen LogP contribution in [0.15, 0.2) is 152 Å². The van der Waals surface area contributed by atoms with E-state index in [4.69, 9.17) is 9.97 Å². The average Bonchev–Trinajstić information content (AvgIpc) is 3.41. The third kappa shape index (κ3) is 3.35. The van der Waals surface area contributed by atoms with E-state index >= 15 is 0 Å². The molecule has 1 aliphatic carbocycles. The summed E-state index contributed by atoms with van der Waals surface area (Å²) in [6.07, 6.45) is 0. The Hall–Kier alpha value is -6.32. The third-order valence-electron chi connectivity index (χ3n) is 10.1. The molecule has 0 spiro atoms. The van der Waals surface area contributed by atoms with E-state index in [1.54, 1.807) is 0 Å². The predicted octanol–water partition coefficient (Wildman–Crippen LogP) is 11.5. The summed E-state index contributed by atoms with van der Waals surface area (Å²) in [5.74, 6) is 0. The van der Waals surface area contributed by atoms with Gasteiger partial charge in [0.15, 0.2) is 0 Å². The quantitative estimate of drug-likeness (QED) is 0.190. The number of hydrogen-bond acceptors (Lipinski definition) is 2. The van der Waals surface area contributed by atoms with Crippen molar-refractivity contribution in [3.05, 3.63) is 152 Å². The van der Waals surface area contributed by atoms with Gasteiger partial charge in [-0.1, -0.05) is 121 Å². The molecular formula is C44H25N3. The van der Waals surface area contributed by atoms with E-state index in [2.05, 4.69) is 144 Å². The fourth-order valence-electron chi connectivity index (χ4n) is 8.06. The smallest absolute Gasteiger partial charge is 0.0973 e. The Labute approximate surface area is 270 Å². The Kier molecular flexibility index (Phi) is 4.84. The Morgan fingerprint density at radius 1 is 0.362 bits per heavy atom. The van der Waals surface area contributed by atoms with Gasteiger partial charge >= 0.3 is 0 Å².